The Hall–Kier alpha value is -1.86. The number of methoxy groups -OCH3 is 1. The molecule has 0 fully saturated rings. The Morgan fingerprint density at radius 3 is 2.44 bits per heavy atom. The van der Waals surface area contributed by atoms with Crippen molar-refractivity contribution in [2.75, 3.05) is 7.11 Å². The number of aromatic carboxylic acids is 1. The van der Waals surface area contributed by atoms with Crippen LogP contribution in [-0.4, -0.2) is 18.0 Å². The van der Waals surface area contributed by atoms with Crippen molar-refractivity contribution in [3.8, 4) is 5.75 Å². The number of carbonyl (C=O) groups excluding carboxylic acids is 1. The molecular formula is C8H9ClN2O5. The van der Waals surface area contributed by atoms with Gasteiger partial charge in [-0.3, -0.25) is 10.1 Å². The Balaban J connectivity index is 0.00000225. The average Bonchev–Trinajstić information content (AvgIpc) is 2.16. The summed E-state index contributed by atoms with van der Waals surface area (Å²) >= 11 is 5.61. The van der Waals surface area contributed by atoms with Crippen LogP contribution in [0.25, 0.3) is 0 Å². The van der Waals surface area contributed by atoms with Gasteiger partial charge >= 0.3 is 0 Å². The molecule has 16 heavy (non-hydrogen) atoms. The molecule has 0 heterocycles. The van der Waals surface area contributed by atoms with Crippen LogP contribution in [0.2, 0.25) is 5.02 Å². The van der Waals surface area contributed by atoms with Gasteiger partial charge in [-0.1, -0.05) is 11.6 Å². The third-order valence-electron chi connectivity index (χ3n) is 1.69. The van der Waals surface area contributed by atoms with Crippen LogP contribution in [0.4, 0.5) is 5.69 Å². The number of ether oxygens (including phenoxy) is 1. The summed E-state index contributed by atoms with van der Waals surface area (Å²) in [5, 5.41) is 21.1. The average molecular weight is 249 g/mol. The minimum Gasteiger partial charge on any atom is -0.545 e. The Morgan fingerprint density at radius 1 is 1.50 bits per heavy atom. The number of nitrogens with zero attached hydrogens (tertiary/aromatic N) is 1. The molecule has 0 amide bonds. The summed E-state index contributed by atoms with van der Waals surface area (Å²) in [7, 11) is 1.27. The van der Waals surface area contributed by atoms with E-state index in [4.69, 9.17) is 16.3 Å². The lowest BCUT2D eigenvalue weighted by Crippen LogP contribution is -2.23. The molecule has 0 aliphatic carbocycles. The van der Waals surface area contributed by atoms with E-state index in [1.165, 1.54) is 7.11 Å². The van der Waals surface area contributed by atoms with Crippen LogP contribution in [-0.2, 0) is 0 Å². The lowest BCUT2D eigenvalue weighted by Gasteiger charge is -2.07. The minimum atomic E-state index is -1.66. The normalized spacial score (nSPS) is 9.12. The van der Waals surface area contributed by atoms with Crippen LogP contribution in [0.15, 0.2) is 12.1 Å². The summed E-state index contributed by atoms with van der Waals surface area (Å²) in [4.78, 5) is 20.2. The molecule has 0 aromatic heterocycles. The fraction of sp³-hybridized carbons (Fsp3) is 0.125. The maximum absolute atomic E-state index is 10.6. The smallest absolute Gasteiger partial charge is 0.280 e. The van der Waals surface area contributed by atoms with E-state index in [2.05, 4.69) is 0 Å². The molecule has 7 nitrogen and oxygen atoms in total. The fourth-order valence-electron chi connectivity index (χ4n) is 1.01. The van der Waals surface area contributed by atoms with Crippen LogP contribution >= 0.6 is 11.6 Å². The second-order valence-electron chi connectivity index (χ2n) is 2.55. The van der Waals surface area contributed by atoms with Gasteiger partial charge in [-0.25, -0.2) is 0 Å². The molecule has 0 saturated carbocycles. The second-order valence-corrected chi connectivity index (χ2v) is 2.96. The second kappa shape index (κ2) is 5.29. The molecule has 0 unspecified atom stereocenters. The number of nitro groups is 1. The van der Waals surface area contributed by atoms with Crippen molar-refractivity contribution in [3.63, 3.8) is 0 Å². The van der Waals surface area contributed by atoms with E-state index in [-0.39, 0.29) is 16.9 Å². The van der Waals surface area contributed by atoms with Crippen LogP contribution in [0, 0.1) is 10.1 Å². The molecule has 88 valence electrons. The summed E-state index contributed by atoms with van der Waals surface area (Å²) < 4.78 is 4.72. The van der Waals surface area contributed by atoms with Crippen LogP contribution in [0.1, 0.15) is 10.4 Å². The number of nitro benzene ring substituents is 1. The maximum atomic E-state index is 10.6. The van der Waals surface area contributed by atoms with E-state index in [1.54, 1.807) is 0 Å². The molecule has 8 heteroatoms. The number of quaternary nitrogens is 1. The molecule has 0 aliphatic heterocycles. The Morgan fingerprint density at radius 2 is 2.06 bits per heavy atom. The van der Waals surface area contributed by atoms with Crippen LogP contribution < -0.4 is 16.0 Å². The van der Waals surface area contributed by atoms with Crippen molar-refractivity contribution in [1.82, 2.24) is 6.15 Å². The van der Waals surface area contributed by atoms with Gasteiger partial charge in [-0.05, 0) is 6.07 Å². The van der Waals surface area contributed by atoms with E-state index in [0.29, 0.717) is 0 Å². The summed E-state index contributed by atoms with van der Waals surface area (Å²) in [5.74, 6) is -1.61. The van der Waals surface area contributed by atoms with E-state index in [9.17, 15) is 20.0 Å². The highest BCUT2D eigenvalue weighted by atomic mass is 35.5. The third-order valence-corrected chi connectivity index (χ3v) is 1.98. The highest BCUT2D eigenvalue weighted by Gasteiger charge is 2.18. The number of benzene rings is 1. The number of hydrogen-bond acceptors (Lipinski definition) is 5. The molecule has 0 bridgehead atoms. The predicted molar refractivity (Wildman–Crippen MR) is 55.0 cm³/mol. The van der Waals surface area contributed by atoms with Crippen molar-refractivity contribution in [2.45, 2.75) is 0 Å². The standard InChI is InChI=1S/C8H6ClNO5.H3N/c1-15-7-2-4(8(11)12)6(10(13)14)3-5(7)9;/h2-3H,1H3,(H,11,12);1H3. The molecule has 0 spiro atoms. The van der Waals surface area contributed by atoms with Crippen molar-refractivity contribution in [2.24, 2.45) is 0 Å². The molecule has 0 atom stereocenters. The van der Waals surface area contributed by atoms with Gasteiger partial charge in [0.2, 0.25) is 0 Å². The monoisotopic (exact) mass is 248 g/mol. The van der Waals surface area contributed by atoms with Crippen LogP contribution in [0.3, 0.4) is 0 Å². The number of carboxylic acids is 1. The topological polar surface area (TPSA) is 129 Å². The third kappa shape index (κ3) is 2.59. The van der Waals surface area contributed by atoms with Gasteiger partial charge < -0.3 is 20.8 Å². The van der Waals surface area contributed by atoms with E-state index >= 15 is 0 Å². The first kappa shape index (κ1) is 14.1. The first-order valence-corrected chi connectivity index (χ1v) is 4.08. The Kier molecular flexibility index (Phi) is 4.67. The first-order valence-electron chi connectivity index (χ1n) is 3.70. The van der Waals surface area contributed by atoms with Gasteiger partial charge in [-0.2, -0.15) is 0 Å². The summed E-state index contributed by atoms with van der Waals surface area (Å²) in [6, 6.07) is 1.86. The van der Waals surface area contributed by atoms with E-state index in [1.807, 2.05) is 0 Å². The van der Waals surface area contributed by atoms with Gasteiger partial charge in [0.05, 0.1) is 28.6 Å². The van der Waals surface area contributed by atoms with Gasteiger partial charge in [0.1, 0.15) is 5.75 Å². The van der Waals surface area contributed by atoms with Gasteiger partial charge in [-0.15, -0.1) is 0 Å². The molecular weight excluding hydrogens is 240 g/mol. The number of rotatable bonds is 3. The lowest BCUT2D eigenvalue weighted by atomic mass is 10.1. The zero-order valence-electron chi connectivity index (χ0n) is 8.52. The van der Waals surface area contributed by atoms with Gasteiger partial charge in [0.15, 0.2) is 0 Å². The van der Waals surface area contributed by atoms with E-state index < -0.39 is 22.1 Å². The van der Waals surface area contributed by atoms with Gasteiger partial charge in [0, 0.05) is 6.07 Å². The first-order chi connectivity index (χ1) is 6.97. The SMILES string of the molecule is COc1cc(C(=O)[O-])c([N+](=O)[O-])cc1Cl.[NH4+]. The summed E-state index contributed by atoms with van der Waals surface area (Å²) in [5.41, 5.74) is -1.19. The highest BCUT2D eigenvalue weighted by Crippen LogP contribution is 2.31. The largest absolute Gasteiger partial charge is 0.545 e. The van der Waals surface area contributed by atoms with Crippen molar-refractivity contribution in [3.05, 3.63) is 32.8 Å². The zero-order valence-corrected chi connectivity index (χ0v) is 9.28. The molecule has 0 saturated heterocycles. The van der Waals surface area contributed by atoms with Crippen LogP contribution in [0.5, 0.6) is 5.75 Å². The summed E-state index contributed by atoms with van der Waals surface area (Å²) in [6.45, 7) is 0. The maximum Gasteiger partial charge on any atom is 0.280 e. The number of carbonyl (C=O) groups is 1. The molecule has 4 N–H and O–H groups in total. The Bertz CT molecular complexity index is 435. The summed E-state index contributed by atoms with van der Waals surface area (Å²) in [6.07, 6.45) is 0. The molecule has 1 aromatic carbocycles. The fourth-order valence-corrected chi connectivity index (χ4v) is 1.25. The van der Waals surface area contributed by atoms with Crippen molar-refractivity contribution < 1.29 is 19.6 Å². The van der Waals surface area contributed by atoms with Gasteiger partial charge in [0.25, 0.3) is 5.69 Å². The lowest BCUT2D eigenvalue weighted by molar-refractivity contribution is -0.385. The predicted octanol–water partition coefficient (Wildman–Crippen LogP) is 0.996. The highest BCUT2D eigenvalue weighted by molar-refractivity contribution is 6.32. The molecule has 0 radical (unpaired) electrons. The Labute approximate surface area is 95.3 Å². The minimum absolute atomic E-state index is 0. The quantitative estimate of drug-likeness (QED) is 0.630. The molecule has 0 aliphatic rings. The molecule has 1 rings (SSSR count). The van der Waals surface area contributed by atoms with Crippen molar-refractivity contribution >= 4 is 23.3 Å². The number of hydrogen-bond donors (Lipinski definition) is 1. The van der Waals surface area contributed by atoms with E-state index in [0.717, 1.165) is 12.1 Å². The zero-order chi connectivity index (χ0) is 11.6. The van der Waals surface area contributed by atoms with Crippen molar-refractivity contribution in [1.29, 1.82) is 0 Å². The number of carboxylic acid groups (broad SMARTS) is 1. The number of halogens is 1. The molecule has 1 aromatic rings.